The number of nitrogens with zero attached hydrogens (tertiary/aromatic N) is 3. The Morgan fingerprint density at radius 1 is 1.40 bits per heavy atom. The van der Waals surface area contributed by atoms with E-state index >= 15 is 0 Å². The average molecular weight is 322 g/mol. The van der Waals surface area contributed by atoms with Crippen LogP contribution in [0.4, 0.5) is 5.95 Å². The SMILES string of the molecule is Cc1nc(N2CCS(=O)(=O)CC2)ncc1CC(=O)O.Cl. The highest BCUT2D eigenvalue weighted by Crippen LogP contribution is 2.14. The van der Waals surface area contributed by atoms with Gasteiger partial charge in [0.05, 0.1) is 17.9 Å². The molecule has 2 rings (SSSR count). The molecule has 1 aliphatic heterocycles. The Hall–Kier alpha value is -1.41. The first-order valence-electron chi connectivity index (χ1n) is 5.87. The molecule has 112 valence electrons. The first-order chi connectivity index (χ1) is 8.87. The maximum absolute atomic E-state index is 11.3. The lowest BCUT2D eigenvalue weighted by molar-refractivity contribution is -0.136. The van der Waals surface area contributed by atoms with E-state index in [0.29, 0.717) is 30.3 Å². The van der Waals surface area contributed by atoms with Gasteiger partial charge < -0.3 is 10.0 Å². The highest BCUT2D eigenvalue weighted by atomic mass is 35.5. The van der Waals surface area contributed by atoms with Crippen molar-refractivity contribution in [2.75, 3.05) is 29.5 Å². The molecule has 1 aliphatic rings. The molecule has 7 nitrogen and oxygen atoms in total. The number of carboxylic acids is 1. The van der Waals surface area contributed by atoms with Gasteiger partial charge in [0.2, 0.25) is 5.95 Å². The number of rotatable bonds is 3. The topological polar surface area (TPSA) is 100 Å². The number of halogens is 1. The Bertz CT molecular complexity index is 592. The van der Waals surface area contributed by atoms with E-state index in [-0.39, 0.29) is 30.3 Å². The van der Waals surface area contributed by atoms with E-state index < -0.39 is 15.8 Å². The molecular weight excluding hydrogens is 306 g/mol. The van der Waals surface area contributed by atoms with Gasteiger partial charge >= 0.3 is 5.97 Å². The molecule has 0 spiro atoms. The van der Waals surface area contributed by atoms with Gasteiger partial charge in [-0.05, 0) is 6.92 Å². The molecule has 1 N–H and O–H groups in total. The van der Waals surface area contributed by atoms with Crippen molar-refractivity contribution < 1.29 is 18.3 Å². The second-order valence-corrected chi connectivity index (χ2v) is 6.79. The van der Waals surface area contributed by atoms with E-state index in [2.05, 4.69) is 9.97 Å². The van der Waals surface area contributed by atoms with Gasteiger partial charge in [-0.15, -0.1) is 12.4 Å². The quantitative estimate of drug-likeness (QED) is 0.840. The van der Waals surface area contributed by atoms with Crippen LogP contribution < -0.4 is 4.90 Å². The molecule has 1 fully saturated rings. The zero-order valence-electron chi connectivity index (χ0n) is 10.9. The Morgan fingerprint density at radius 2 is 2.00 bits per heavy atom. The summed E-state index contributed by atoms with van der Waals surface area (Å²) < 4.78 is 22.7. The molecule has 0 saturated carbocycles. The van der Waals surface area contributed by atoms with Gasteiger partial charge in [0, 0.05) is 30.5 Å². The third-order valence-corrected chi connectivity index (χ3v) is 4.65. The lowest BCUT2D eigenvalue weighted by atomic mass is 10.2. The molecule has 0 aromatic carbocycles. The van der Waals surface area contributed by atoms with E-state index in [0.717, 1.165) is 0 Å². The number of anilines is 1. The maximum Gasteiger partial charge on any atom is 0.307 e. The van der Waals surface area contributed by atoms with Crippen LogP contribution in [0.15, 0.2) is 6.20 Å². The number of hydrogen-bond acceptors (Lipinski definition) is 6. The monoisotopic (exact) mass is 321 g/mol. The number of hydrogen-bond donors (Lipinski definition) is 1. The van der Waals surface area contributed by atoms with Gasteiger partial charge in [-0.1, -0.05) is 0 Å². The fraction of sp³-hybridized carbons (Fsp3) is 0.545. The fourth-order valence-electron chi connectivity index (χ4n) is 1.88. The first-order valence-corrected chi connectivity index (χ1v) is 7.69. The average Bonchev–Trinajstić information content (AvgIpc) is 2.31. The van der Waals surface area contributed by atoms with Crippen LogP contribution >= 0.6 is 12.4 Å². The van der Waals surface area contributed by atoms with E-state index in [4.69, 9.17) is 5.11 Å². The summed E-state index contributed by atoms with van der Waals surface area (Å²) in [5.41, 5.74) is 1.18. The van der Waals surface area contributed by atoms with Gasteiger partial charge in [-0.2, -0.15) is 0 Å². The number of aromatic nitrogens is 2. The first kappa shape index (κ1) is 16.6. The summed E-state index contributed by atoms with van der Waals surface area (Å²) in [6.45, 7) is 2.48. The number of carbonyl (C=O) groups is 1. The lowest BCUT2D eigenvalue weighted by Crippen LogP contribution is -2.41. The summed E-state index contributed by atoms with van der Waals surface area (Å²) in [5.74, 6) is -0.261. The van der Waals surface area contributed by atoms with Crippen LogP contribution in [-0.4, -0.2) is 54.1 Å². The van der Waals surface area contributed by atoms with Crippen LogP contribution in [0.1, 0.15) is 11.3 Å². The van der Waals surface area contributed by atoms with Crippen molar-refractivity contribution >= 4 is 34.2 Å². The van der Waals surface area contributed by atoms with Crippen molar-refractivity contribution in [2.45, 2.75) is 13.3 Å². The molecule has 0 aliphatic carbocycles. The highest BCUT2D eigenvalue weighted by molar-refractivity contribution is 7.91. The summed E-state index contributed by atoms with van der Waals surface area (Å²) in [4.78, 5) is 20.8. The van der Waals surface area contributed by atoms with Gasteiger partial charge in [-0.3, -0.25) is 4.79 Å². The normalized spacial score (nSPS) is 17.4. The molecule has 0 radical (unpaired) electrons. The summed E-state index contributed by atoms with van der Waals surface area (Å²) in [7, 11) is -2.93. The Kier molecular flexibility index (Phi) is 5.29. The molecule has 1 aromatic heterocycles. The van der Waals surface area contributed by atoms with E-state index in [1.807, 2.05) is 0 Å². The van der Waals surface area contributed by atoms with Crippen LogP contribution in [-0.2, 0) is 21.1 Å². The van der Waals surface area contributed by atoms with Crippen molar-refractivity contribution in [2.24, 2.45) is 0 Å². The predicted octanol–water partition coefficient (Wildman–Crippen LogP) is 0.0687. The van der Waals surface area contributed by atoms with Crippen LogP contribution in [0.2, 0.25) is 0 Å². The lowest BCUT2D eigenvalue weighted by Gasteiger charge is -2.26. The molecule has 9 heteroatoms. The molecule has 1 saturated heterocycles. The maximum atomic E-state index is 11.3. The zero-order chi connectivity index (χ0) is 14.0. The summed E-state index contributed by atoms with van der Waals surface area (Å²) >= 11 is 0. The van der Waals surface area contributed by atoms with Crippen LogP contribution in [0, 0.1) is 6.92 Å². The molecule has 0 amide bonds. The minimum atomic E-state index is -2.93. The van der Waals surface area contributed by atoms with Crippen molar-refractivity contribution in [3.05, 3.63) is 17.5 Å². The largest absolute Gasteiger partial charge is 0.481 e. The minimum absolute atomic E-state index is 0. The van der Waals surface area contributed by atoms with Gasteiger partial charge in [0.25, 0.3) is 0 Å². The molecule has 0 atom stereocenters. The van der Waals surface area contributed by atoms with E-state index in [9.17, 15) is 13.2 Å². The predicted molar refractivity (Wildman–Crippen MR) is 76.2 cm³/mol. The van der Waals surface area contributed by atoms with Gasteiger partial charge in [-0.25, -0.2) is 18.4 Å². The summed E-state index contributed by atoms with van der Waals surface area (Å²) in [5, 5.41) is 8.73. The van der Waals surface area contributed by atoms with Crippen LogP contribution in [0.25, 0.3) is 0 Å². The summed E-state index contributed by atoms with van der Waals surface area (Å²) in [6.07, 6.45) is 1.38. The molecule has 0 bridgehead atoms. The number of aliphatic carboxylic acids is 1. The smallest absolute Gasteiger partial charge is 0.307 e. The molecule has 0 unspecified atom stereocenters. The molecule has 20 heavy (non-hydrogen) atoms. The zero-order valence-corrected chi connectivity index (χ0v) is 12.6. The number of sulfone groups is 1. The summed E-state index contributed by atoms with van der Waals surface area (Å²) in [6, 6.07) is 0. The second-order valence-electron chi connectivity index (χ2n) is 4.49. The standard InChI is InChI=1S/C11H15N3O4S.ClH/c1-8-9(6-10(15)16)7-12-11(13-8)14-2-4-19(17,18)5-3-14;/h7H,2-6H2,1H3,(H,15,16);1H. The van der Waals surface area contributed by atoms with Gasteiger partial charge in [0.15, 0.2) is 9.84 Å². The molecule has 2 heterocycles. The van der Waals surface area contributed by atoms with Crippen LogP contribution in [0.3, 0.4) is 0 Å². The van der Waals surface area contributed by atoms with Gasteiger partial charge in [0.1, 0.15) is 0 Å². The third-order valence-electron chi connectivity index (χ3n) is 3.04. The number of carboxylic acid groups (broad SMARTS) is 1. The van der Waals surface area contributed by atoms with Crippen LogP contribution in [0.5, 0.6) is 0 Å². The minimum Gasteiger partial charge on any atom is -0.481 e. The number of aryl methyl sites for hydroxylation is 1. The Labute approximate surface area is 123 Å². The van der Waals surface area contributed by atoms with Crippen molar-refractivity contribution in [3.63, 3.8) is 0 Å². The Morgan fingerprint density at radius 3 is 2.50 bits per heavy atom. The fourth-order valence-corrected chi connectivity index (χ4v) is 3.08. The van der Waals surface area contributed by atoms with E-state index in [1.54, 1.807) is 11.8 Å². The van der Waals surface area contributed by atoms with Crippen molar-refractivity contribution in [1.82, 2.24) is 9.97 Å². The van der Waals surface area contributed by atoms with Crippen molar-refractivity contribution in [1.29, 1.82) is 0 Å². The molecule has 1 aromatic rings. The third kappa shape index (κ3) is 4.04. The molecular formula is C11H16ClN3O4S. The Balaban J connectivity index is 0.00000200. The second kappa shape index (κ2) is 6.36. The van der Waals surface area contributed by atoms with Crippen molar-refractivity contribution in [3.8, 4) is 0 Å². The highest BCUT2D eigenvalue weighted by Gasteiger charge is 2.23. The van der Waals surface area contributed by atoms with E-state index in [1.165, 1.54) is 6.20 Å².